The first-order chi connectivity index (χ1) is 7.31. The number of aliphatic hydroxyl groups is 2. The van der Waals surface area contributed by atoms with Crippen LogP contribution in [0.2, 0.25) is 0 Å². The van der Waals surface area contributed by atoms with Gasteiger partial charge in [-0.2, -0.15) is 0 Å². The largest absolute Gasteiger partial charge is 0.394 e. The molecule has 15 heavy (non-hydrogen) atoms. The van der Waals surface area contributed by atoms with Crippen molar-refractivity contribution in [3.05, 3.63) is 24.3 Å². The van der Waals surface area contributed by atoms with Gasteiger partial charge in [-0.15, -0.1) is 0 Å². The van der Waals surface area contributed by atoms with Crippen LogP contribution in [0.25, 0.3) is 0 Å². The van der Waals surface area contributed by atoms with Gasteiger partial charge in [-0.3, -0.25) is 0 Å². The van der Waals surface area contributed by atoms with Gasteiger partial charge in [0, 0.05) is 0 Å². The molecule has 0 spiro atoms. The Kier molecular flexibility index (Phi) is 11.0. The first kappa shape index (κ1) is 14.4. The van der Waals surface area contributed by atoms with Crippen LogP contribution >= 0.6 is 0 Å². The van der Waals surface area contributed by atoms with Gasteiger partial charge >= 0.3 is 0 Å². The molecule has 2 N–H and O–H groups in total. The Hall–Kier alpha value is -0.600. The molecule has 0 aromatic rings. The van der Waals surface area contributed by atoms with Gasteiger partial charge in [0.05, 0.1) is 12.7 Å². The van der Waals surface area contributed by atoms with Crippen LogP contribution < -0.4 is 0 Å². The molecule has 0 aliphatic carbocycles. The lowest BCUT2D eigenvalue weighted by atomic mass is 10.2. The second-order valence-corrected chi connectivity index (χ2v) is 3.75. The summed E-state index contributed by atoms with van der Waals surface area (Å²) in [6.45, 7) is 2.05. The van der Waals surface area contributed by atoms with Crippen molar-refractivity contribution in [1.29, 1.82) is 0 Å². The van der Waals surface area contributed by atoms with Crippen molar-refractivity contribution >= 4 is 0 Å². The van der Waals surface area contributed by atoms with Gasteiger partial charge < -0.3 is 10.2 Å². The molecular formula is C13H24O2. The average Bonchev–Trinajstić information content (AvgIpc) is 2.26. The molecule has 0 rings (SSSR count). The van der Waals surface area contributed by atoms with E-state index in [-0.39, 0.29) is 6.61 Å². The summed E-state index contributed by atoms with van der Waals surface area (Å²) in [5, 5.41) is 17.6. The summed E-state index contributed by atoms with van der Waals surface area (Å²) in [4.78, 5) is 0. The minimum Gasteiger partial charge on any atom is -0.394 e. The van der Waals surface area contributed by atoms with Crippen LogP contribution in [0.15, 0.2) is 24.3 Å². The Morgan fingerprint density at radius 2 is 1.80 bits per heavy atom. The summed E-state index contributed by atoms with van der Waals surface area (Å²) in [7, 11) is 0. The number of allylic oxidation sites excluding steroid dienone is 3. The number of hydrogen-bond donors (Lipinski definition) is 2. The zero-order valence-electron chi connectivity index (χ0n) is 9.73. The first-order valence-electron chi connectivity index (χ1n) is 5.90. The molecule has 0 fully saturated rings. The van der Waals surface area contributed by atoms with Crippen molar-refractivity contribution in [3.63, 3.8) is 0 Å². The molecule has 0 saturated carbocycles. The number of hydrogen-bond acceptors (Lipinski definition) is 2. The summed E-state index contributed by atoms with van der Waals surface area (Å²) in [5.74, 6) is 0. The molecule has 0 aliphatic heterocycles. The predicted octanol–water partition coefficient (Wildman–Crippen LogP) is 2.81. The first-order valence-corrected chi connectivity index (χ1v) is 5.90. The molecule has 0 aromatic heterocycles. The van der Waals surface area contributed by atoms with Crippen molar-refractivity contribution in [2.24, 2.45) is 0 Å². The van der Waals surface area contributed by atoms with E-state index in [1.165, 1.54) is 25.7 Å². The third-order valence-electron chi connectivity index (χ3n) is 2.20. The Bertz CT molecular complexity index is 173. The lowest BCUT2D eigenvalue weighted by Gasteiger charge is -2.00. The molecule has 1 unspecified atom stereocenters. The molecule has 2 nitrogen and oxygen atoms in total. The van der Waals surface area contributed by atoms with Crippen molar-refractivity contribution in [2.75, 3.05) is 6.61 Å². The maximum Gasteiger partial charge on any atom is 0.0805 e. The highest BCUT2D eigenvalue weighted by molar-refractivity contribution is 4.93. The predicted molar refractivity (Wildman–Crippen MR) is 64.7 cm³/mol. The molecule has 0 bridgehead atoms. The fourth-order valence-corrected chi connectivity index (χ4v) is 1.23. The smallest absolute Gasteiger partial charge is 0.0805 e. The molecule has 0 aliphatic rings. The lowest BCUT2D eigenvalue weighted by molar-refractivity contribution is 0.0975. The fourth-order valence-electron chi connectivity index (χ4n) is 1.23. The van der Waals surface area contributed by atoms with Gasteiger partial charge in [-0.05, 0) is 25.7 Å². The zero-order chi connectivity index (χ0) is 11.4. The fraction of sp³-hybridized carbons (Fsp3) is 0.692. The molecule has 0 amide bonds. The molecule has 2 heteroatoms. The van der Waals surface area contributed by atoms with E-state index in [4.69, 9.17) is 10.2 Å². The molecular weight excluding hydrogens is 188 g/mol. The third kappa shape index (κ3) is 11.3. The maximum absolute atomic E-state index is 9.04. The van der Waals surface area contributed by atoms with Crippen LogP contribution in [0.5, 0.6) is 0 Å². The summed E-state index contributed by atoms with van der Waals surface area (Å²) < 4.78 is 0. The van der Waals surface area contributed by atoms with Gasteiger partial charge in [0.25, 0.3) is 0 Å². The normalized spacial score (nSPS) is 14.1. The Labute approximate surface area is 93.3 Å². The van der Waals surface area contributed by atoms with Crippen molar-refractivity contribution < 1.29 is 10.2 Å². The second kappa shape index (κ2) is 11.5. The topological polar surface area (TPSA) is 40.5 Å². The summed E-state index contributed by atoms with van der Waals surface area (Å²) in [6.07, 6.45) is 14.2. The molecule has 1 atom stereocenters. The molecule has 0 radical (unpaired) electrons. The number of rotatable bonds is 9. The van der Waals surface area contributed by atoms with E-state index in [9.17, 15) is 0 Å². The van der Waals surface area contributed by atoms with E-state index in [1.54, 1.807) is 0 Å². The van der Waals surface area contributed by atoms with Gasteiger partial charge in [-0.1, -0.05) is 44.1 Å². The van der Waals surface area contributed by atoms with E-state index in [0.29, 0.717) is 6.42 Å². The van der Waals surface area contributed by atoms with Crippen molar-refractivity contribution in [2.45, 2.75) is 51.6 Å². The zero-order valence-corrected chi connectivity index (χ0v) is 9.73. The Morgan fingerprint density at radius 1 is 1.07 bits per heavy atom. The quantitative estimate of drug-likeness (QED) is 0.456. The highest BCUT2D eigenvalue weighted by Crippen LogP contribution is 2.00. The number of unbranched alkanes of at least 4 members (excludes halogenated alkanes) is 3. The van der Waals surface area contributed by atoms with E-state index in [1.807, 2.05) is 12.2 Å². The van der Waals surface area contributed by atoms with Gasteiger partial charge in [0.1, 0.15) is 0 Å². The summed E-state index contributed by atoms with van der Waals surface area (Å²) in [6, 6.07) is 0. The van der Waals surface area contributed by atoms with Gasteiger partial charge in [0.2, 0.25) is 0 Å². The summed E-state index contributed by atoms with van der Waals surface area (Å²) >= 11 is 0. The van der Waals surface area contributed by atoms with E-state index < -0.39 is 6.10 Å². The summed E-state index contributed by atoms with van der Waals surface area (Å²) in [5.41, 5.74) is 0. The van der Waals surface area contributed by atoms with Crippen molar-refractivity contribution in [3.8, 4) is 0 Å². The standard InChI is InChI=1S/C13H24O2/c1-2-3-4-5-6-7-8-9-10-11-13(15)12-14/h6-7,9-10,13-15H,2-5,8,11-12H2,1H3/b7-6-,10-9-. The van der Waals surface area contributed by atoms with Crippen molar-refractivity contribution in [1.82, 2.24) is 0 Å². The van der Waals surface area contributed by atoms with E-state index >= 15 is 0 Å². The highest BCUT2D eigenvalue weighted by Gasteiger charge is 1.95. The average molecular weight is 212 g/mol. The van der Waals surface area contributed by atoms with E-state index in [2.05, 4.69) is 19.1 Å². The van der Waals surface area contributed by atoms with Crippen LogP contribution in [0.4, 0.5) is 0 Å². The van der Waals surface area contributed by atoms with Gasteiger partial charge in [-0.25, -0.2) is 0 Å². The molecule has 0 heterocycles. The Balaban J connectivity index is 3.28. The molecule has 0 aromatic carbocycles. The lowest BCUT2D eigenvalue weighted by Crippen LogP contribution is -2.09. The monoisotopic (exact) mass is 212 g/mol. The number of aliphatic hydroxyl groups excluding tert-OH is 2. The van der Waals surface area contributed by atoms with Crippen LogP contribution in [0, 0.1) is 0 Å². The minimum atomic E-state index is -0.602. The maximum atomic E-state index is 9.04. The van der Waals surface area contributed by atoms with E-state index in [0.717, 1.165) is 6.42 Å². The highest BCUT2D eigenvalue weighted by atomic mass is 16.3. The van der Waals surface area contributed by atoms with Crippen LogP contribution in [0.1, 0.15) is 45.4 Å². The van der Waals surface area contributed by atoms with Crippen LogP contribution in [-0.2, 0) is 0 Å². The van der Waals surface area contributed by atoms with Crippen LogP contribution in [0.3, 0.4) is 0 Å². The second-order valence-electron chi connectivity index (χ2n) is 3.75. The minimum absolute atomic E-state index is 0.156. The van der Waals surface area contributed by atoms with Crippen LogP contribution in [-0.4, -0.2) is 22.9 Å². The molecule has 88 valence electrons. The van der Waals surface area contributed by atoms with Gasteiger partial charge in [0.15, 0.2) is 0 Å². The molecule has 0 saturated heterocycles. The SMILES string of the molecule is CCCCC/C=C\C/C=C\CC(O)CO. The third-order valence-corrected chi connectivity index (χ3v) is 2.20. The Morgan fingerprint density at radius 3 is 2.47 bits per heavy atom.